The van der Waals surface area contributed by atoms with E-state index in [9.17, 15) is 0 Å². The summed E-state index contributed by atoms with van der Waals surface area (Å²) in [6.45, 7) is 1.11. The fourth-order valence-electron chi connectivity index (χ4n) is 1.94. The average Bonchev–Trinajstić information content (AvgIpc) is 2.69. The van der Waals surface area contributed by atoms with Crippen LogP contribution in [-0.4, -0.2) is 11.7 Å². The molecule has 0 radical (unpaired) electrons. The lowest BCUT2D eigenvalue weighted by atomic mass is 10.0. The van der Waals surface area contributed by atoms with Gasteiger partial charge in [0.1, 0.15) is 0 Å². The third-order valence-electron chi connectivity index (χ3n) is 2.62. The highest BCUT2D eigenvalue weighted by molar-refractivity contribution is 7.80. The van der Waals surface area contributed by atoms with Crippen LogP contribution in [0.5, 0.6) is 0 Å². The average molecular weight is 221 g/mol. The van der Waals surface area contributed by atoms with Gasteiger partial charge in [0.2, 0.25) is 0 Å². The van der Waals surface area contributed by atoms with Crippen molar-refractivity contribution >= 4 is 23.0 Å². The summed E-state index contributed by atoms with van der Waals surface area (Å²) < 4.78 is 0. The Bertz CT molecular complexity index is 359. The molecular formula is C11H15N3S. The normalized spacial score (nSPS) is 20.1. The Hall–Kier alpha value is -1.13. The van der Waals surface area contributed by atoms with Crippen molar-refractivity contribution in [2.75, 3.05) is 11.9 Å². The molecule has 1 saturated heterocycles. The second kappa shape index (κ2) is 4.59. The van der Waals surface area contributed by atoms with Gasteiger partial charge in [0, 0.05) is 11.7 Å². The molecule has 0 spiro atoms. The molecule has 0 aromatic heterocycles. The molecular weight excluding hydrogens is 206 g/mol. The summed E-state index contributed by atoms with van der Waals surface area (Å²) in [5.41, 5.74) is 7.70. The van der Waals surface area contributed by atoms with Crippen molar-refractivity contribution in [1.82, 2.24) is 5.32 Å². The summed E-state index contributed by atoms with van der Waals surface area (Å²) in [5, 5.41) is 6.72. The maximum Gasteiger partial charge on any atom is 0.168 e. The van der Waals surface area contributed by atoms with Gasteiger partial charge in [-0.25, -0.2) is 0 Å². The van der Waals surface area contributed by atoms with E-state index in [0.717, 1.165) is 12.2 Å². The standard InChI is InChI=1S/C11H15N3S/c12-11(15)14-9-4-1-3-8(7-9)10-5-2-6-13-10/h1,3-4,7,10,13H,2,5-6H2,(H3,12,14,15). The zero-order valence-corrected chi connectivity index (χ0v) is 9.31. The lowest BCUT2D eigenvalue weighted by Gasteiger charge is -2.12. The number of nitrogens with two attached hydrogens (primary N) is 1. The molecule has 0 amide bonds. The summed E-state index contributed by atoms with van der Waals surface area (Å²) in [4.78, 5) is 0. The van der Waals surface area contributed by atoms with Crippen LogP contribution in [0.25, 0.3) is 0 Å². The number of anilines is 1. The maximum absolute atomic E-state index is 5.43. The van der Waals surface area contributed by atoms with E-state index in [1.165, 1.54) is 18.4 Å². The largest absolute Gasteiger partial charge is 0.376 e. The third kappa shape index (κ3) is 2.67. The topological polar surface area (TPSA) is 50.1 Å². The van der Waals surface area contributed by atoms with Gasteiger partial charge in [0.25, 0.3) is 0 Å². The quantitative estimate of drug-likeness (QED) is 0.666. The molecule has 1 aromatic carbocycles. The van der Waals surface area contributed by atoms with E-state index in [0.29, 0.717) is 11.2 Å². The van der Waals surface area contributed by atoms with Gasteiger partial charge >= 0.3 is 0 Å². The van der Waals surface area contributed by atoms with Crippen LogP contribution < -0.4 is 16.4 Å². The second-order valence-corrected chi connectivity index (χ2v) is 4.20. The molecule has 1 unspecified atom stereocenters. The summed E-state index contributed by atoms with van der Waals surface area (Å²) in [5.74, 6) is 0. The van der Waals surface area contributed by atoms with E-state index in [-0.39, 0.29) is 0 Å². The molecule has 0 saturated carbocycles. The molecule has 0 aliphatic carbocycles. The predicted molar refractivity (Wildman–Crippen MR) is 66.8 cm³/mol. The van der Waals surface area contributed by atoms with Gasteiger partial charge < -0.3 is 16.4 Å². The Morgan fingerprint density at radius 3 is 3.07 bits per heavy atom. The Balaban J connectivity index is 2.14. The van der Waals surface area contributed by atoms with Gasteiger partial charge in [0.05, 0.1) is 0 Å². The predicted octanol–water partition coefficient (Wildman–Crippen LogP) is 1.77. The number of benzene rings is 1. The van der Waals surface area contributed by atoms with Gasteiger partial charge in [-0.1, -0.05) is 12.1 Å². The third-order valence-corrected chi connectivity index (χ3v) is 2.72. The van der Waals surface area contributed by atoms with Crippen LogP contribution in [0.4, 0.5) is 5.69 Å². The first-order valence-electron chi connectivity index (χ1n) is 5.15. The van der Waals surface area contributed by atoms with Gasteiger partial charge in [-0.05, 0) is 49.3 Å². The molecule has 1 atom stereocenters. The summed E-state index contributed by atoms with van der Waals surface area (Å²) in [7, 11) is 0. The van der Waals surface area contributed by atoms with Crippen LogP contribution in [0.15, 0.2) is 24.3 Å². The van der Waals surface area contributed by atoms with E-state index < -0.39 is 0 Å². The SMILES string of the molecule is NC(=S)Nc1cccc(C2CCCN2)c1. The monoisotopic (exact) mass is 221 g/mol. The smallest absolute Gasteiger partial charge is 0.168 e. The molecule has 1 aromatic rings. The highest BCUT2D eigenvalue weighted by atomic mass is 32.1. The van der Waals surface area contributed by atoms with E-state index in [4.69, 9.17) is 18.0 Å². The minimum absolute atomic E-state index is 0.312. The van der Waals surface area contributed by atoms with Crippen LogP contribution in [-0.2, 0) is 0 Å². The molecule has 2 rings (SSSR count). The van der Waals surface area contributed by atoms with Crippen molar-refractivity contribution in [3.8, 4) is 0 Å². The fourth-order valence-corrected chi connectivity index (χ4v) is 2.06. The molecule has 80 valence electrons. The molecule has 1 heterocycles. The molecule has 3 nitrogen and oxygen atoms in total. The van der Waals surface area contributed by atoms with E-state index in [2.05, 4.69) is 22.8 Å². The Kier molecular flexibility index (Phi) is 3.18. The minimum Gasteiger partial charge on any atom is -0.376 e. The lowest BCUT2D eigenvalue weighted by molar-refractivity contribution is 0.648. The van der Waals surface area contributed by atoms with Crippen molar-refractivity contribution in [2.45, 2.75) is 18.9 Å². The molecule has 1 fully saturated rings. The van der Waals surface area contributed by atoms with Crippen molar-refractivity contribution in [2.24, 2.45) is 5.73 Å². The first-order chi connectivity index (χ1) is 7.25. The van der Waals surface area contributed by atoms with Crippen molar-refractivity contribution in [1.29, 1.82) is 0 Å². The van der Waals surface area contributed by atoms with Crippen molar-refractivity contribution in [3.63, 3.8) is 0 Å². The summed E-state index contributed by atoms with van der Waals surface area (Å²) in [6.07, 6.45) is 2.45. The van der Waals surface area contributed by atoms with Crippen molar-refractivity contribution in [3.05, 3.63) is 29.8 Å². The molecule has 1 aliphatic heterocycles. The number of hydrogen-bond acceptors (Lipinski definition) is 2. The van der Waals surface area contributed by atoms with Gasteiger partial charge in [-0.15, -0.1) is 0 Å². The van der Waals surface area contributed by atoms with Crippen LogP contribution in [0.2, 0.25) is 0 Å². The van der Waals surface area contributed by atoms with Gasteiger partial charge in [0.15, 0.2) is 5.11 Å². The molecule has 15 heavy (non-hydrogen) atoms. The van der Waals surface area contributed by atoms with Crippen LogP contribution in [0, 0.1) is 0 Å². The second-order valence-electron chi connectivity index (χ2n) is 3.76. The van der Waals surface area contributed by atoms with Crippen LogP contribution in [0.1, 0.15) is 24.4 Å². The molecule has 1 aliphatic rings. The Labute approximate surface area is 95.0 Å². The fraction of sp³-hybridized carbons (Fsp3) is 0.364. The number of rotatable bonds is 2. The number of hydrogen-bond donors (Lipinski definition) is 3. The maximum atomic E-state index is 5.43. The van der Waals surface area contributed by atoms with E-state index >= 15 is 0 Å². The molecule has 4 N–H and O–H groups in total. The first kappa shape index (κ1) is 10.4. The Morgan fingerprint density at radius 2 is 2.40 bits per heavy atom. The molecule has 4 heteroatoms. The van der Waals surface area contributed by atoms with Crippen LogP contribution >= 0.6 is 12.2 Å². The highest BCUT2D eigenvalue weighted by Gasteiger charge is 2.15. The number of thiocarbonyl (C=S) groups is 1. The van der Waals surface area contributed by atoms with Crippen LogP contribution in [0.3, 0.4) is 0 Å². The first-order valence-corrected chi connectivity index (χ1v) is 5.56. The zero-order valence-electron chi connectivity index (χ0n) is 8.49. The van der Waals surface area contributed by atoms with Gasteiger partial charge in [-0.3, -0.25) is 0 Å². The minimum atomic E-state index is 0.312. The number of nitrogens with one attached hydrogen (secondary N) is 2. The summed E-state index contributed by atoms with van der Waals surface area (Å²) >= 11 is 4.81. The highest BCUT2D eigenvalue weighted by Crippen LogP contribution is 2.24. The van der Waals surface area contributed by atoms with E-state index in [1.54, 1.807) is 0 Å². The lowest BCUT2D eigenvalue weighted by Crippen LogP contribution is -2.19. The molecule has 0 bridgehead atoms. The van der Waals surface area contributed by atoms with Crippen molar-refractivity contribution < 1.29 is 0 Å². The van der Waals surface area contributed by atoms with Gasteiger partial charge in [-0.2, -0.15) is 0 Å². The van der Waals surface area contributed by atoms with E-state index in [1.807, 2.05) is 12.1 Å². The Morgan fingerprint density at radius 1 is 1.53 bits per heavy atom. The summed E-state index contributed by atoms with van der Waals surface area (Å²) in [6, 6.07) is 8.71. The zero-order chi connectivity index (χ0) is 10.7.